The Hall–Kier alpha value is -8.16. The zero-order valence-corrected chi connectivity index (χ0v) is 39.8. The summed E-state index contributed by atoms with van der Waals surface area (Å²) in [5.74, 6) is 2.87. The van der Waals surface area contributed by atoms with Gasteiger partial charge < -0.3 is 45.9 Å². The highest BCUT2D eigenvalue weighted by Crippen LogP contribution is 2.48. The second-order valence-corrected chi connectivity index (χ2v) is 18.9. The number of aliphatic imine (C=N–C) groups is 4. The Morgan fingerprint density at radius 1 is 0.288 bits per heavy atom. The van der Waals surface area contributed by atoms with E-state index < -0.39 is 0 Å². The molecular formula is C57H50N16. The Balaban J connectivity index is 1.31. The number of hydrogen-bond donors (Lipinski definition) is 8. The Morgan fingerprint density at radius 3 is 0.808 bits per heavy atom. The summed E-state index contributed by atoms with van der Waals surface area (Å²) in [6.07, 6.45) is 0. The zero-order chi connectivity index (χ0) is 49.6. The van der Waals surface area contributed by atoms with Crippen molar-refractivity contribution in [1.29, 1.82) is 0 Å². The molecule has 358 valence electrons. The molecule has 0 unspecified atom stereocenters. The normalized spacial score (nSPS) is 14.4. The van der Waals surface area contributed by atoms with Crippen LogP contribution in [0.4, 0.5) is 11.6 Å². The summed E-state index contributed by atoms with van der Waals surface area (Å²) in [6.45, 7) is 1.60. The van der Waals surface area contributed by atoms with Gasteiger partial charge in [-0.2, -0.15) is 0 Å². The number of nitrogens with two attached hydrogens (primary N) is 8. The van der Waals surface area contributed by atoms with Gasteiger partial charge in [0.1, 0.15) is 29.3 Å². The molecule has 0 fully saturated rings. The van der Waals surface area contributed by atoms with Crippen LogP contribution in [-0.4, -0.2) is 32.5 Å². The maximum atomic E-state index is 6.97. The highest BCUT2D eigenvalue weighted by Gasteiger charge is 2.37. The van der Waals surface area contributed by atoms with Crippen molar-refractivity contribution in [2.45, 2.75) is 59.0 Å². The fraction of sp³-hybridized carbons (Fsp3) is 0.158. The van der Waals surface area contributed by atoms with E-state index in [4.69, 9.17) is 75.8 Å². The first-order valence-electron chi connectivity index (χ1n) is 24.6. The second kappa shape index (κ2) is 16.2. The standard InChI is InChI=1S/C57H50N16/c58-17-34-26-9-1-2-10-27(26)35(18-59)43-42(34)50-66-51(43)69-55-48-40(23-64)32-15-7-8-16-33(32)41(24-65)49(48)57-71-53-45-37(20-61)29-12-4-3-11-28(29)36(19-60)44(45)52(67-53)70-56-47-39(22-63)31-14-6-5-13-30(31)38(21-62)46(47)54(68-50)72(56)25-73(55)57/h1-16H,17-25,58-65H2. The van der Waals surface area contributed by atoms with Crippen LogP contribution in [0.2, 0.25) is 0 Å². The minimum absolute atomic E-state index is 0.117. The fourth-order valence-corrected chi connectivity index (χ4v) is 12.8. The molecule has 0 amide bonds. The van der Waals surface area contributed by atoms with Crippen molar-refractivity contribution in [2.24, 2.45) is 75.8 Å². The van der Waals surface area contributed by atoms with Crippen LogP contribution >= 0.6 is 0 Å². The molecule has 10 aromatic rings. The van der Waals surface area contributed by atoms with Gasteiger partial charge in [0, 0.05) is 96.2 Å². The van der Waals surface area contributed by atoms with E-state index in [1.54, 1.807) is 0 Å². The summed E-state index contributed by atoms with van der Waals surface area (Å²) in [5.41, 5.74) is 66.4. The third-order valence-electron chi connectivity index (χ3n) is 15.7. The van der Waals surface area contributed by atoms with Crippen molar-refractivity contribution in [2.75, 3.05) is 0 Å². The summed E-state index contributed by atoms with van der Waals surface area (Å²) in [4.78, 5) is 34.0. The molecule has 14 rings (SSSR count). The lowest BCUT2D eigenvalue weighted by molar-refractivity contribution is 0.583. The number of fused-ring (bicyclic) bond motifs is 18. The molecule has 2 aromatic heterocycles. The highest BCUT2D eigenvalue weighted by molar-refractivity contribution is 6.30. The Morgan fingerprint density at radius 2 is 0.534 bits per heavy atom. The van der Waals surface area contributed by atoms with Gasteiger partial charge in [-0.3, -0.25) is 9.13 Å². The molecule has 16 heteroatoms. The topological polar surface area (TPSA) is 292 Å². The number of amidine groups is 4. The van der Waals surface area contributed by atoms with Gasteiger partial charge in [0.2, 0.25) is 0 Å². The maximum Gasteiger partial charge on any atom is 0.165 e. The molecule has 4 aliphatic heterocycles. The molecule has 0 saturated carbocycles. The van der Waals surface area contributed by atoms with Crippen molar-refractivity contribution >= 4 is 99.6 Å². The van der Waals surface area contributed by atoms with Gasteiger partial charge >= 0.3 is 0 Å². The Labute approximate surface area is 416 Å². The average Bonchev–Trinajstić information content (AvgIpc) is 4.13. The van der Waals surface area contributed by atoms with Crippen LogP contribution in [0.25, 0.3) is 64.6 Å². The van der Waals surface area contributed by atoms with Gasteiger partial charge in [-0.25, -0.2) is 30.0 Å². The number of benzene rings is 8. The molecule has 73 heavy (non-hydrogen) atoms. The first kappa shape index (κ1) is 43.6. The van der Waals surface area contributed by atoms with Crippen molar-refractivity contribution in [3.8, 4) is 0 Å². The molecule has 0 atom stereocenters. The number of rotatable bonds is 8. The molecule has 0 spiro atoms. The van der Waals surface area contributed by atoms with E-state index in [1.807, 2.05) is 48.5 Å². The van der Waals surface area contributed by atoms with Gasteiger partial charge in [0.05, 0.1) is 0 Å². The minimum atomic E-state index is 0.117. The predicted octanol–water partition coefficient (Wildman–Crippen LogP) is 5.33. The van der Waals surface area contributed by atoms with E-state index in [-0.39, 0.29) is 59.0 Å². The lowest BCUT2D eigenvalue weighted by Crippen LogP contribution is -2.32. The summed E-state index contributed by atoms with van der Waals surface area (Å²) in [6, 6.07) is 32.9. The second-order valence-electron chi connectivity index (χ2n) is 18.9. The molecule has 16 N–H and O–H groups in total. The number of hydrogen-bond acceptors (Lipinski definition) is 14. The van der Waals surface area contributed by atoms with Gasteiger partial charge in [0.15, 0.2) is 23.3 Å². The number of nitrogens with zero attached hydrogens (tertiary/aromatic N) is 8. The van der Waals surface area contributed by atoms with Crippen LogP contribution in [0.1, 0.15) is 66.8 Å². The summed E-state index contributed by atoms with van der Waals surface area (Å²) in [7, 11) is 0. The molecule has 16 nitrogen and oxygen atoms in total. The number of aromatic nitrogens is 2. The van der Waals surface area contributed by atoms with E-state index in [0.29, 0.717) is 46.0 Å². The summed E-state index contributed by atoms with van der Waals surface area (Å²) < 4.78 is 4.25. The lowest BCUT2D eigenvalue weighted by Gasteiger charge is -2.17. The first-order chi connectivity index (χ1) is 35.9. The molecule has 0 saturated heterocycles. The summed E-state index contributed by atoms with van der Waals surface area (Å²) >= 11 is 0. The van der Waals surface area contributed by atoms with Crippen LogP contribution in [0.5, 0.6) is 0 Å². The van der Waals surface area contributed by atoms with Crippen molar-refractivity contribution < 1.29 is 0 Å². The first-order valence-corrected chi connectivity index (χ1v) is 24.6. The van der Waals surface area contributed by atoms with E-state index in [1.165, 1.54) is 0 Å². The maximum absolute atomic E-state index is 6.97. The third-order valence-corrected chi connectivity index (χ3v) is 15.7. The zero-order valence-electron chi connectivity index (χ0n) is 39.8. The average molecular weight is 959 g/mol. The SMILES string of the molecule is NCc1c2c(c(CN)c3ccccc13)C1=Nc3c4c(CN)c5ccccc5c(CN)c4c4n3Cn3c(c5c(CN)c6ccccc6c(CN)c5c3=NC3=NC(=N4)c4c3c(CN)c3ccccc3c4CN)=NC2=N1. The van der Waals surface area contributed by atoms with Crippen LogP contribution in [0.3, 0.4) is 0 Å². The van der Waals surface area contributed by atoms with Crippen LogP contribution < -0.4 is 56.8 Å². The van der Waals surface area contributed by atoms with Crippen molar-refractivity contribution in [3.63, 3.8) is 0 Å². The largest absolute Gasteiger partial charge is 0.326 e. The van der Waals surface area contributed by atoms with Crippen LogP contribution in [0, 0.1) is 0 Å². The van der Waals surface area contributed by atoms with E-state index >= 15 is 0 Å². The molecule has 4 aliphatic rings. The lowest BCUT2D eigenvalue weighted by atomic mass is 9.89. The molecule has 6 bridgehead atoms. The quantitative estimate of drug-likeness (QED) is 0.0983. The molecule has 6 heterocycles. The molecular weight excluding hydrogens is 909 g/mol. The fourth-order valence-electron chi connectivity index (χ4n) is 12.8. The van der Waals surface area contributed by atoms with E-state index in [0.717, 1.165) is 131 Å². The van der Waals surface area contributed by atoms with Crippen LogP contribution in [0.15, 0.2) is 127 Å². The van der Waals surface area contributed by atoms with Gasteiger partial charge in [-0.15, -0.1) is 0 Å². The van der Waals surface area contributed by atoms with Gasteiger partial charge in [0.25, 0.3) is 0 Å². The Bertz CT molecular complexity index is 4180. The summed E-state index contributed by atoms with van der Waals surface area (Å²) in [5, 5.41) is 10.9. The van der Waals surface area contributed by atoms with Crippen LogP contribution in [-0.2, 0) is 59.0 Å². The molecule has 8 aromatic carbocycles. The van der Waals surface area contributed by atoms with Crippen molar-refractivity contribution in [3.05, 3.63) is 175 Å². The highest BCUT2D eigenvalue weighted by atomic mass is 15.3. The van der Waals surface area contributed by atoms with E-state index in [2.05, 4.69) is 57.7 Å². The molecule has 0 aliphatic carbocycles. The van der Waals surface area contributed by atoms with Gasteiger partial charge in [-0.05, 0) is 87.6 Å². The Kier molecular flexibility index (Phi) is 9.66. The predicted molar refractivity (Wildman–Crippen MR) is 293 cm³/mol. The molecule has 0 radical (unpaired) electrons. The van der Waals surface area contributed by atoms with E-state index in [9.17, 15) is 0 Å². The minimum Gasteiger partial charge on any atom is -0.326 e. The monoisotopic (exact) mass is 958 g/mol. The third kappa shape index (κ3) is 5.65. The smallest absolute Gasteiger partial charge is 0.165 e. The van der Waals surface area contributed by atoms with Gasteiger partial charge in [-0.1, -0.05) is 97.1 Å². The van der Waals surface area contributed by atoms with Crippen molar-refractivity contribution in [1.82, 2.24) is 9.13 Å².